The molecule has 2 rings (SSSR count). The first kappa shape index (κ1) is 15.2. The van der Waals surface area contributed by atoms with E-state index in [0.29, 0.717) is 5.88 Å². The predicted octanol–water partition coefficient (Wildman–Crippen LogP) is 5.59. The third kappa shape index (κ3) is 4.13. The van der Waals surface area contributed by atoms with Gasteiger partial charge >= 0.3 is 0 Å². The van der Waals surface area contributed by atoms with E-state index in [1.807, 2.05) is 0 Å². The quantitative estimate of drug-likeness (QED) is 0.643. The Bertz CT molecular complexity index is 408. The smallest absolute Gasteiger partial charge is 0.0494 e. The summed E-state index contributed by atoms with van der Waals surface area (Å²) in [5, 5.41) is 0. The molecule has 0 bridgehead atoms. The summed E-state index contributed by atoms with van der Waals surface area (Å²) in [6.45, 7) is 4.63. The van der Waals surface area contributed by atoms with Gasteiger partial charge in [0.1, 0.15) is 0 Å². The maximum Gasteiger partial charge on any atom is 0.0494 e. The first-order valence-electron chi connectivity index (χ1n) is 7.34. The molecule has 0 amide bonds. The SMILES string of the molecule is CCCC1CCCN(c2cc(Br)ccc2CCl)CC1. The Morgan fingerprint density at radius 3 is 2.89 bits per heavy atom. The van der Waals surface area contributed by atoms with E-state index in [1.54, 1.807) is 0 Å². The minimum atomic E-state index is 0.595. The van der Waals surface area contributed by atoms with Gasteiger partial charge in [-0.3, -0.25) is 0 Å². The highest BCUT2D eigenvalue weighted by Crippen LogP contribution is 2.30. The van der Waals surface area contributed by atoms with Crippen LogP contribution in [0, 0.1) is 5.92 Å². The van der Waals surface area contributed by atoms with Gasteiger partial charge in [0, 0.05) is 29.1 Å². The maximum absolute atomic E-state index is 6.08. The van der Waals surface area contributed by atoms with E-state index in [2.05, 4.69) is 46.0 Å². The van der Waals surface area contributed by atoms with E-state index in [0.717, 1.165) is 10.4 Å². The monoisotopic (exact) mass is 343 g/mol. The third-order valence-corrected chi connectivity index (χ3v) is 4.86. The van der Waals surface area contributed by atoms with Gasteiger partial charge in [-0.1, -0.05) is 41.8 Å². The summed E-state index contributed by atoms with van der Waals surface area (Å²) in [4.78, 5) is 2.53. The van der Waals surface area contributed by atoms with Crippen LogP contribution in [0.4, 0.5) is 5.69 Å². The molecule has 3 heteroatoms. The predicted molar refractivity (Wildman–Crippen MR) is 88.2 cm³/mol. The average molecular weight is 345 g/mol. The first-order chi connectivity index (χ1) is 9.24. The van der Waals surface area contributed by atoms with Crippen molar-refractivity contribution in [2.75, 3.05) is 18.0 Å². The summed E-state index contributed by atoms with van der Waals surface area (Å²) in [5.41, 5.74) is 2.57. The Balaban J connectivity index is 2.11. The number of hydrogen-bond acceptors (Lipinski definition) is 1. The molecule has 0 saturated carbocycles. The zero-order valence-corrected chi connectivity index (χ0v) is 14.0. The molecule has 1 heterocycles. The standard InChI is InChI=1S/C16H23BrClN/c1-2-4-13-5-3-9-19(10-8-13)16-11-15(17)7-6-14(16)12-18/h6-7,11,13H,2-5,8-10,12H2,1H3. The van der Waals surface area contributed by atoms with Crippen molar-refractivity contribution in [3.05, 3.63) is 28.2 Å². The van der Waals surface area contributed by atoms with Crippen molar-refractivity contribution >= 4 is 33.2 Å². The topological polar surface area (TPSA) is 3.24 Å². The van der Waals surface area contributed by atoms with Gasteiger partial charge in [-0.15, -0.1) is 11.6 Å². The zero-order valence-electron chi connectivity index (χ0n) is 11.7. The van der Waals surface area contributed by atoms with Crippen LogP contribution in [0.2, 0.25) is 0 Å². The molecular weight excluding hydrogens is 322 g/mol. The molecule has 1 unspecified atom stereocenters. The second-order valence-electron chi connectivity index (χ2n) is 5.48. The van der Waals surface area contributed by atoms with Crippen LogP contribution >= 0.6 is 27.5 Å². The molecule has 0 aromatic heterocycles. The number of rotatable bonds is 4. The molecule has 1 aromatic rings. The van der Waals surface area contributed by atoms with Crippen molar-refractivity contribution in [2.45, 2.75) is 44.9 Å². The fourth-order valence-electron chi connectivity index (χ4n) is 3.05. The van der Waals surface area contributed by atoms with Crippen LogP contribution in [0.15, 0.2) is 22.7 Å². The van der Waals surface area contributed by atoms with Gasteiger partial charge in [-0.2, -0.15) is 0 Å². The number of nitrogens with zero attached hydrogens (tertiary/aromatic N) is 1. The number of alkyl halides is 1. The minimum absolute atomic E-state index is 0.595. The summed E-state index contributed by atoms with van der Waals surface area (Å²) in [5.74, 6) is 1.51. The molecule has 0 radical (unpaired) electrons. The lowest BCUT2D eigenvalue weighted by Crippen LogP contribution is -2.25. The number of halogens is 2. The van der Waals surface area contributed by atoms with Crippen molar-refractivity contribution in [3.8, 4) is 0 Å². The lowest BCUT2D eigenvalue weighted by molar-refractivity contribution is 0.435. The van der Waals surface area contributed by atoms with Crippen LogP contribution in [0.3, 0.4) is 0 Å². The zero-order chi connectivity index (χ0) is 13.7. The molecule has 1 saturated heterocycles. The van der Waals surface area contributed by atoms with Gasteiger partial charge in [0.05, 0.1) is 0 Å². The van der Waals surface area contributed by atoms with Crippen molar-refractivity contribution in [3.63, 3.8) is 0 Å². The minimum Gasteiger partial charge on any atom is -0.371 e. The van der Waals surface area contributed by atoms with Crippen LogP contribution in [-0.2, 0) is 5.88 Å². The van der Waals surface area contributed by atoms with Gasteiger partial charge in [-0.05, 0) is 42.9 Å². The lowest BCUT2D eigenvalue weighted by atomic mass is 9.96. The Morgan fingerprint density at radius 1 is 1.32 bits per heavy atom. The van der Waals surface area contributed by atoms with Gasteiger partial charge in [0.15, 0.2) is 0 Å². The highest BCUT2D eigenvalue weighted by Gasteiger charge is 2.18. The normalized spacial score (nSPS) is 20.4. The van der Waals surface area contributed by atoms with E-state index < -0.39 is 0 Å². The summed E-state index contributed by atoms with van der Waals surface area (Å²) in [6.07, 6.45) is 6.71. The summed E-state index contributed by atoms with van der Waals surface area (Å²) >= 11 is 9.66. The first-order valence-corrected chi connectivity index (χ1v) is 8.66. The molecular formula is C16H23BrClN. The Morgan fingerprint density at radius 2 is 2.16 bits per heavy atom. The summed E-state index contributed by atoms with van der Waals surface area (Å²) in [6, 6.07) is 6.44. The van der Waals surface area contributed by atoms with E-state index >= 15 is 0 Å². The highest BCUT2D eigenvalue weighted by atomic mass is 79.9. The van der Waals surface area contributed by atoms with E-state index in [1.165, 1.54) is 56.4 Å². The number of hydrogen-bond donors (Lipinski definition) is 0. The van der Waals surface area contributed by atoms with E-state index in [4.69, 9.17) is 11.6 Å². The summed E-state index contributed by atoms with van der Waals surface area (Å²) < 4.78 is 1.14. The lowest BCUT2D eigenvalue weighted by Gasteiger charge is -2.25. The fraction of sp³-hybridized carbons (Fsp3) is 0.625. The molecule has 1 aliphatic heterocycles. The molecule has 1 atom stereocenters. The van der Waals surface area contributed by atoms with Gasteiger partial charge in [-0.25, -0.2) is 0 Å². The van der Waals surface area contributed by atoms with Crippen LogP contribution < -0.4 is 4.90 Å². The van der Waals surface area contributed by atoms with E-state index in [9.17, 15) is 0 Å². The molecule has 0 spiro atoms. The Kier molecular flexibility index (Phi) is 6.03. The van der Waals surface area contributed by atoms with E-state index in [-0.39, 0.29) is 0 Å². The molecule has 0 aliphatic carbocycles. The van der Waals surface area contributed by atoms with Gasteiger partial charge < -0.3 is 4.90 Å². The van der Waals surface area contributed by atoms with Crippen LogP contribution in [0.5, 0.6) is 0 Å². The second-order valence-corrected chi connectivity index (χ2v) is 6.66. The Labute approximate surface area is 130 Å². The van der Waals surface area contributed by atoms with Crippen molar-refractivity contribution < 1.29 is 0 Å². The third-order valence-electron chi connectivity index (χ3n) is 4.08. The molecule has 1 aromatic carbocycles. The van der Waals surface area contributed by atoms with Crippen molar-refractivity contribution in [2.24, 2.45) is 5.92 Å². The molecule has 0 N–H and O–H groups in total. The number of anilines is 1. The molecule has 106 valence electrons. The van der Waals surface area contributed by atoms with Crippen molar-refractivity contribution in [1.29, 1.82) is 0 Å². The molecule has 1 nitrogen and oxygen atoms in total. The second kappa shape index (κ2) is 7.54. The maximum atomic E-state index is 6.08. The van der Waals surface area contributed by atoms with Crippen molar-refractivity contribution in [1.82, 2.24) is 0 Å². The van der Waals surface area contributed by atoms with Crippen LogP contribution in [0.25, 0.3) is 0 Å². The molecule has 1 fully saturated rings. The van der Waals surface area contributed by atoms with Crippen LogP contribution in [-0.4, -0.2) is 13.1 Å². The van der Waals surface area contributed by atoms with Gasteiger partial charge in [0.25, 0.3) is 0 Å². The molecule has 1 aliphatic rings. The summed E-state index contributed by atoms with van der Waals surface area (Å²) in [7, 11) is 0. The fourth-order valence-corrected chi connectivity index (χ4v) is 3.62. The number of benzene rings is 1. The Hall–Kier alpha value is -0.210. The van der Waals surface area contributed by atoms with Crippen LogP contribution in [0.1, 0.15) is 44.6 Å². The highest BCUT2D eigenvalue weighted by molar-refractivity contribution is 9.10. The van der Waals surface area contributed by atoms with Gasteiger partial charge in [0.2, 0.25) is 0 Å². The largest absolute Gasteiger partial charge is 0.371 e. The molecule has 19 heavy (non-hydrogen) atoms. The average Bonchev–Trinajstić information content (AvgIpc) is 2.65.